The van der Waals surface area contributed by atoms with E-state index in [2.05, 4.69) is 10.3 Å². The summed E-state index contributed by atoms with van der Waals surface area (Å²) in [7, 11) is -1.79. The predicted molar refractivity (Wildman–Crippen MR) is 104 cm³/mol. The lowest BCUT2D eigenvalue weighted by molar-refractivity contribution is -0.388. The largest absolute Gasteiger partial charge is 0.322 e. The van der Waals surface area contributed by atoms with E-state index in [4.69, 9.17) is 0 Å². The van der Waals surface area contributed by atoms with Gasteiger partial charge in [-0.2, -0.15) is 0 Å². The summed E-state index contributed by atoms with van der Waals surface area (Å²) >= 11 is 1.15. The van der Waals surface area contributed by atoms with Crippen molar-refractivity contribution in [3.8, 4) is 0 Å². The first-order chi connectivity index (χ1) is 12.9. The van der Waals surface area contributed by atoms with Crippen LogP contribution in [0.3, 0.4) is 0 Å². The van der Waals surface area contributed by atoms with Gasteiger partial charge in [0.1, 0.15) is 15.7 Å². The predicted octanol–water partition coefficient (Wildman–Crippen LogP) is 4.09. The Morgan fingerprint density at radius 1 is 1.22 bits per heavy atom. The Morgan fingerprint density at radius 3 is 2.59 bits per heavy atom. The molecule has 0 spiro atoms. The van der Waals surface area contributed by atoms with Gasteiger partial charge in [0.05, 0.1) is 4.92 Å². The average Bonchev–Trinajstić information content (AvgIpc) is 3.17. The third-order valence-electron chi connectivity index (χ3n) is 3.98. The summed E-state index contributed by atoms with van der Waals surface area (Å²) in [5.41, 5.74) is 1.48. The number of aryl methyl sites for hydroxylation is 1. The van der Waals surface area contributed by atoms with Gasteiger partial charge >= 0.3 is 0 Å². The van der Waals surface area contributed by atoms with Crippen LogP contribution in [0.1, 0.15) is 21.5 Å². The third-order valence-corrected chi connectivity index (χ3v) is 6.44. The van der Waals surface area contributed by atoms with Crippen molar-refractivity contribution in [1.29, 1.82) is 0 Å². The van der Waals surface area contributed by atoms with Gasteiger partial charge in [-0.05, 0) is 37.6 Å². The molecule has 0 fully saturated rings. The Hall–Kier alpha value is -2.91. The number of benzene rings is 2. The zero-order valence-corrected chi connectivity index (χ0v) is 16.1. The van der Waals surface area contributed by atoms with Gasteiger partial charge in [-0.25, -0.2) is 9.19 Å². The van der Waals surface area contributed by atoms with Gasteiger partial charge in [-0.15, -0.1) is 11.3 Å². The second kappa shape index (κ2) is 7.77. The summed E-state index contributed by atoms with van der Waals surface area (Å²) in [6, 6.07) is 10.1. The van der Waals surface area contributed by atoms with E-state index in [1.54, 1.807) is 17.5 Å². The number of hydrogen-bond acceptors (Lipinski definition) is 6. The molecule has 1 amide bonds. The number of nitro benzene ring substituents is 1. The van der Waals surface area contributed by atoms with Crippen LogP contribution < -0.4 is 5.32 Å². The molecular formula is C18H15N3O4S2. The number of anilines is 1. The highest BCUT2D eigenvalue weighted by molar-refractivity contribution is 7.87. The highest BCUT2D eigenvalue weighted by Gasteiger charge is 2.28. The van der Waals surface area contributed by atoms with E-state index in [0.717, 1.165) is 16.9 Å². The first kappa shape index (κ1) is 18.9. The Kier molecular flexibility index (Phi) is 5.43. The van der Waals surface area contributed by atoms with Crippen LogP contribution in [-0.2, 0) is 10.8 Å². The molecule has 1 heterocycles. The summed E-state index contributed by atoms with van der Waals surface area (Å²) in [5.74, 6) is -0.462. The van der Waals surface area contributed by atoms with E-state index in [-0.39, 0.29) is 26.0 Å². The first-order valence-electron chi connectivity index (χ1n) is 7.86. The normalized spacial score (nSPS) is 11.8. The number of nitrogens with zero attached hydrogens (tertiary/aromatic N) is 2. The summed E-state index contributed by atoms with van der Waals surface area (Å²) in [5, 5.41) is 16.0. The Labute approximate surface area is 161 Å². The van der Waals surface area contributed by atoms with Crippen molar-refractivity contribution in [2.75, 3.05) is 5.32 Å². The molecule has 27 heavy (non-hydrogen) atoms. The molecular weight excluding hydrogens is 386 g/mol. The molecule has 0 aliphatic carbocycles. The van der Waals surface area contributed by atoms with Crippen molar-refractivity contribution in [2.24, 2.45) is 0 Å². The zero-order chi connectivity index (χ0) is 19.6. The standard InChI is InChI=1S/C18H15N3O4S2/c1-11-5-3-4-6-14(11)20-17(22)13-7-8-15(16(12(13)2)21(23)24)27(25)18-19-9-10-26-18/h3-10H,1-2H3,(H,20,22). The summed E-state index contributed by atoms with van der Waals surface area (Å²) in [6.07, 6.45) is 1.49. The van der Waals surface area contributed by atoms with Gasteiger partial charge in [0.2, 0.25) is 0 Å². The molecule has 7 nitrogen and oxygen atoms in total. The van der Waals surface area contributed by atoms with Gasteiger partial charge in [0.25, 0.3) is 11.6 Å². The average molecular weight is 401 g/mol. The number of para-hydroxylation sites is 1. The molecule has 3 aromatic rings. The van der Waals surface area contributed by atoms with Crippen LogP contribution in [0, 0.1) is 24.0 Å². The second-order valence-corrected chi connectivity index (χ2v) is 8.19. The van der Waals surface area contributed by atoms with Crippen LogP contribution in [0.5, 0.6) is 0 Å². The number of nitrogens with one attached hydrogen (secondary N) is 1. The SMILES string of the molecule is Cc1ccccc1NC(=O)c1ccc(S(=O)c2nccs2)c([N+](=O)[O-])c1C. The van der Waals surface area contributed by atoms with Crippen LogP contribution in [-0.4, -0.2) is 20.0 Å². The number of thiazole rings is 1. The molecule has 1 aromatic heterocycles. The lowest BCUT2D eigenvalue weighted by Gasteiger charge is -2.11. The number of rotatable bonds is 5. The molecule has 0 saturated heterocycles. The van der Waals surface area contributed by atoms with Crippen molar-refractivity contribution < 1.29 is 13.9 Å². The molecule has 1 N–H and O–H groups in total. The summed E-state index contributed by atoms with van der Waals surface area (Å²) in [4.78, 5) is 27.7. The third kappa shape index (κ3) is 3.79. The van der Waals surface area contributed by atoms with E-state index in [1.165, 1.54) is 25.3 Å². The molecule has 0 bridgehead atoms. The van der Waals surface area contributed by atoms with Gasteiger partial charge in [-0.1, -0.05) is 18.2 Å². The number of nitro groups is 1. The lowest BCUT2D eigenvalue weighted by Crippen LogP contribution is -2.15. The van der Waals surface area contributed by atoms with Crippen molar-refractivity contribution in [3.63, 3.8) is 0 Å². The molecule has 2 aromatic carbocycles. The van der Waals surface area contributed by atoms with Crippen LogP contribution in [0.25, 0.3) is 0 Å². The fourth-order valence-corrected chi connectivity index (χ4v) is 4.68. The molecule has 0 aliphatic rings. The van der Waals surface area contributed by atoms with E-state index in [0.29, 0.717) is 5.69 Å². The molecule has 0 saturated carbocycles. The van der Waals surface area contributed by atoms with E-state index < -0.39 is 21.6 Å². The topological polar surface area (TPSA) is 102 Å². The van der Waals surface area contributed by atoms with E-state index in [1.807, 2.05) is 19.1 Å². The van der Waals surface area contributed by atoms with Crippen LogP contribution in [0.4, 0.5) is 11.4 Å². The molecule has 9 heteroatoms. The van der Waals surface area contributed by atoms with Crippen LogP contribution >= 0.6 is 11.3 Å². The molecule has 0 aliphatic heterocycles. The number of amides is 1. The minimum absolute atomic E-state index is 0.0277. The number of carbonyl (C=O) groups excluding carboxylic acids is 1. The van der Waals surface area contributed by atoms with Crippen LogP contribution in [0.15, 0.2) is 57.2 Å². The van der Waals surface area contributed by atoms with Gasteiger partial charge in [-0.3, -0.25) is 14.9 Å². The molecule has 3 rings (SSSR count). The maximum Gasteiger partial charge on any atom is 0.289 e. The van der Waals surface area contributed by atoms with E-state index >= 15 is 0 Å². The maximum absolute atomic E-state index is 12.7. The van der Waals surface area contributed by atoms with Crippen molar-refractivity contribution in [1.82, 2.24) is 4.98 Å². The maximum atomic E-state index is 12.7. The molecule has 1 atom stereocenters. The Bertz CT molecular complexity index is 1050. The minimum atomic E-state index is -1.79. The van der Waals surface area contributed by atoms with E-state index in [9.17, 15) is 19.1 Å². The van der Waals surface area contributed by atoms with Crippen LogP contribution in [0.2, 0.25) is 0 Å². The smallest absolute Gasteiger partial charge is 0.289 e. The number of aromatic nitrogens is 1. The molecule has 0 radical (unpaired) electrons. The minimum Gasteiger partial charge on any atom is -0.322 e. The summed E-state index contributed by atoms with van der Waals surface area (Å²) < 4.78 is 12.9. The van der Waals surface area contributed by atoms with Crippen molar-refractivity contribution >= 4 is 39.4 Å². The van der Waals surface area contributed by atoms with Gasteiger partial charge in [0.15, 0.2) is 4.34 Å². The number of carbonyl (C=O) groups is 1. The Morgan fingerprint density at radius 2 is 1.96 bits per heavy atom. The number of hydrogen-bond donors (Lipinski definition) is 1. The lowest BCUT2D eigenvalue weighted by atomic mass is 10.1. The summed E-state index contributed by atoms with van der Waals surface area (Å²) in [6.45, 7) is 3.33. The molecule has 138 valence electrons. The first-order valence-corrected chi connectivity index (χ1v) is 9.89. The molecule has 1 unspecified atom stereocenters. The van der Waals surface area contributed by atoms with Crippen molar-refractivity contribution in [3.05, 3.63) is 74.8 Å². The zero-order valence-electron chi connectivity index (χ0n) is 14.5. The van der Waals surface area contributed by atoms with Gasteiger partial charge < -0.3 is 5.32 Å². The second-order valence-electron chi connectivity index (χ2n) is 5.68. The van der Waals surface area contributed by atoms with Crippen molar-refractivity contribution in [2.45, 2.75) is 23.1 Å². The monoisotopic (exact) mass is 401 g/mol. The Balaban J connectivity index is 2.02. The highest BCUT2D eigenvalue weighted by Crippen LogP contribution is 2.32. The quantitative estimate of drug-likeness (QED) is 0.512. The fraction of sp³-hybridized carbons (Fsp3) is 0.111. The van der Waals surface area contributed by atoms with Gasteiger partial charge in [0, 0.05) is 28.4 Å². The highest BCUT2D eigenvalue weighted by atomic mass is 32.2. The fourth-order valence-electron chi connectivity index (χ4n) is 2.60.